The highest BCUT2D eigenvalue weighted by molar-refractivity contribution is 5.09. The second-order valence-corrected chi connectivity index (χ2v) is 12.6. The Morgan fingerprint density at radius 3 is 2.29 bits per heavy atom. The van der Waals surface area contributed by atoms with Gasteiger partial charge in [0.15, 0.2) is 0 Å². The maximum Gasteiger partial charge on any atom is 0.0543 e. The average molecular weight is 389 g/mol. The van der Waals surface area contributed by atoms with Gasteiger partial charge in [0, 0.05) is 0 Å². The molecule has 0 aromatic heterocycles. The summed E-state index contributed by atoms with van der Waals surface area (Å²) < 4.78 is 0. The zero-order valence-electron chi connectivity index (χ0n) is 19.6. The molecular formula is C27H48O. The number of hydrogen-bond acceptors (Lipinski definition) is 1. The molecule has 4 aliphatic rings. The van der Waals surface area contributed by atoms with Gasteiger partial charge in [-0.2, -0.15) is 0 Å². The van der Waals surface area contributed by atoms with Crippen LogP contribution < -0.4 is 0 Å². The molecule has 4 saturated carbocycles. The van der Waals surface area contributed by atoms with E-state index in [0.717, 1.165) is 54.3 Å². The van der Waals surface area contributed by atoms with Gasteiger partial charge < -0.3 is 5.11 Å². The highest BCUT2D eigenvalue weighted by Gasteiger charge is 2.60. The predicted molar refractivity (Wildman–Crippen MR) is 119 cm³/mol. The van der Waals surface area contributed by atoms with Crippen LogP contribution in [0.15, 0.2) is 0 Å². The average Bonchev–Trinajstić information content (AvgIpc) is 2.99. The predicted octanol–water partition coefficient (Wildman–Crippen LogP) is 7.47. The number of hydrogen-bond donors (Lipinski definition) is 1. The maximum absolute atomic E-state index is 10.3. The fourth-order valence-corrected chi connectivity index (χ4v) is 9.26. The molecule has 0 saturated heterocycles. The van der Waals surface area contributed by atoms with E-state index in [1.54, 1.807) is 0 Å². The third kappa shape index (κ3) is 3.50. The Hall–Kier alpha value is -0.0400. The molecule has 4 rings (SSSR count). The summed E-state index contributed by atoms with van der Waals surface area (Å²) in [5.74, 6) is 6.49. The van der Waals surface area contributed by atoms with Crippen LogP contribution in [0.5, 0.6) is 0 Å². The molecule has 0 aliphatic heterocycles. The maximum atomic E-state index is 10.3. The minimum atomic E-state index is -0.00830. The van der Waals surface area contributed by atoms with Crippen LogP contribution in [0.25, 0.3) is 0 Å². The first-order chi connectivity index (χ1) is 13.3. The van der Waals surface area contributed by atoms with Crippen molar-refractivity contribution in [3.8, 4) is 0 Å². The lowest BCUT2D eigenvalue weighted by atomic mass is 9.44. The molecule has 4 aliphatic carbocycles. The molecular weight excluding hydrogens is 340 g/mol. The molecule has 1 nitrogen and oxygen atoms in total. The zero-order valence-corrected chi connectivity index (χ0v) is 19.6. The van der Waals surface area contributed by atoms with Crippen molar-refractivity contribution >= 4 is 0 Å². The summed E-state index contributed by atoms with van der Waals surface area (Å²) in [5.41, 5.74) is 1.15. The lowest BCUT2D eigenvalue weighted by Crippen LogP contribution is -2.54. The number of fused-ring (bicyclic) bond motifs is 5. The van der Waals surface area contributed by atoms with Crippen LogP contribution in [0.4, 0.5) is 0 Å². The monoisotopic (exact) mass is 388 g/mol. The highest BCUT2D eigenvalue weighted by atomic mass is 16.3. The van der Waals surface area contributed by atoms with Crippen molar-refractivity contribution in [2.24, 2.45) is 52.3 Å². The Morgan fingerprint density at radius 2 is 1.54 bits per heavy atom. The third-order valence-corrected chi connectivity index (χ3v) is 10.8. The van der Waals surface area contributed by atoms with E-state index in [0.29, 0.717) is 10.8 Å². The molecule has 1 heteroatoms. The van der Waals surface area contributed by atoms with Gasteiger partial charge in [0.2, 0.25) is 0 Å². The summed E-state index contributed by atoms with van der Waals surface area (Å²) in [7, 11) is 0. The molecule has 4 fully saturated rings. The van der Waals surface area contributed by atoms with Gasteiger partial charge in [-0.1, -0.05) is 53.9 Å². The molecule has 162 valence electrons. The first-order valence-corrected chi connectivity index (χ1v) is 12.9. The molecule has 0 aromatic carbocycles. The molecule has 0 spiro atoms. The van der Waals surface area contributed by atoms with Crippen LogP contribution in [0.3, 0.4) is 0 Å². The molecule has 1 N–H and O–H groups in total. The largest absolute Gasteiger partial charge is 0.393 e. The van der Waals surface area contributed by atoms with Crippen LogP contribution in [0.2, 0.25) is 0 Å². The van der Waals surface area contributed by atoms with Crippen molar-refractivity contribution in [1.82, 2.24) is 0 Å². The van der Waals surface area contributed by atoms with Crippen molar-refractivity contribution in [3.63, 3.8) is 0 Å². The van der Waals surface area contributed by atoms with E-state index in [1.165, 1.54) is 64.2 Å². The van der Waals surface area contributed by atoms with Crippen LogP contribution in [-0.4, -0.2) is 11.2 Å². The molecule has 0 bridgehead atoms. The van der Waals surface area contributed by atoms with Gasteiger partial charge in [-0.15, -0.1) is 0 Å². The van der Waals surface area contributed by atoms with Gasteiger partial charge in [-0.05, 0) is 110 Å². The topological polar surface area (TPSA) is 20.2 Å². The second kappa shape index (κ2) is 7.90. The Kier molecular flexibility index (Phi) is 5.98. The molecule has 9 atom stereocenters. The fourth-order valence-electron chi connectivity index (χ4n) is 9.26. The quantitative estimate of drug-likeness (QED) is 0.518. The van der Waals surface area contributed by atoms with Gasteiger partial charge in [0.05, 0.1) is 6.10 Å². The molecule has 0 aromatic rings. The first-order valence-electron chi connectivity index (χ1n) is 12.9. The Bertz CT molecular complexity index is 540. The van der Waals surface area contributed by atoms with Crippen LogP contribution in [0, 0.1) is 52.3 Å². The molecule has 0 heterocycles. The number of aliphatic hydroxyl groups is 1. The van der Waals surface area contributed by atoms with E-state index in [4.69, 9.17) is 0 Å². The highest BCUT2D eigenvalue weighted by Crippen LogP contribution is 2.68. The summed E-state index contributed by atoms with van der Waals surface area (Å²) in [6.45, 7) is 12.7. The summed E-state index contributed by atoms with van der Waals surface area (Å²) >= 11 is 0. The van der Waals surface area contributed by atoms with Crippen molar-refractivity contribution in [1.29, 1.82) is 0 Å². The number of rotatable bonds is 5. The molecule has 0 radical (unpaired) electrons. The smallest absolute Gasteiger partial charge is 0.0543 e. The van der Waals surface area contributed by atoms with Gasteiger partial charge in [0.1, 0.15) is 0 Å². The van der Waals surface area contributed by atoms with Crippen LogP contribution in [0.1, 0.15) is 112 Å². The van der Waals surface area contributed by atoms with E-state index in [9.17, 15) is 5.11 Å². The zero-order chi connectivity index (χ0) is 20.1. The Morgan fingerprint density at radius 1 is 0.821 bits per heavy atom. The van der Waals surface area contributed by atoms with Crippen LogP contribution >= 0.6 is 0 Å². The van der Waals surface area contributed by atoms with E-state index in [1.807, 2.05) is 0 Å². The van der Waals surface area contributed by atoms with E-state index in [-0.39, 0.29) is 6.10 Å². The van der Waals surface area contributed by atoms with Crippen molar-refractivity contribution in [2.45, 2.75) is 118 Å². The third-order valence-electron chi connectivity index (χ3n) is 10.8. The normalized spacial score (nSPS) is 49.4. The van der Waals surface area contributed by atoms with E-state index >= 15 is 0 Å². The lowest BCUT2D eigenvalue weighted by molar-refractivity contribution is -0.129. The summed E-state index contributed by atoms with van der Waals surface area (Å²) in [6, 6.07) is 0. The van der Waals surface area contributed by atoms with Gasteiger partial charge in [-0.25, -0.2) is 0 Å². The number of aliphatic hydroxyl groups excluding tert-OH is 1. The van der Waals surface area contributed by atoms with Crippen molar-refractivity contribution < 1.29 is 5.11 Å². The Labute approximate surface area is 175 Å². The van der Waals surface area contributed by atoms with Gasteiger partial charge in [0.25, 0.3) is 0 Å². The molecule has 0 amide bonds. The minimum Gasteiger partial charge on any atom is -0.393 e. The lowest BCUT2D eigenvalue weighted by Gasteiger charge is -2.61. The first kappa shape index (κ1) is 21.2. The van der Waals surface area contributed by atoms with E-state index < -0.39 is 0 Å². The summed E-state index contributed by atoms with van der Waals surface area (Å²) in [4.78, 5) is 0. The SMILES string of the molecule is CC(C)CCC[C@@H](C)[C@H]1CC[C@H]2[C@H]3CCC4C[C@@H](O)CC[C@@]4(C)[C@H]3CC[C@]12C. The fraction of sp³-hybridized carbons (Fsp3) is 1.00. The Balaban J connectivity index is 1.46. The van der Waals surface area contributed by atoms with Gasteiger partial charge >= 0.3 is 0 Å². The van der Waals surface area contributed by atoms with E-state index in [2.05, 4.69) is 34.6 Å². The standard InChI is InChI=1S/C27H48O/c1-18(2)7-6-8-19(3)23-11-12-24-22-10-9-20-17-21(28)13-15-26(20,4)25(22)14-16-27(23,24)5/h18-25,28H,6-17H2,1-5H3/t19-,20?,21+,22-,23-,24+,25+,26-,27-/m1/s1. The van der Waals surface area contributed by atoms with Gasteiger partial charge in [-0.3, -0.25) is 0 Å². The molecule has 1 unspecified atom stereocenters. The summed E-state index contributed by atoms with van der Waals surface area (Å²) in [5, 5.41) is 10.3. The summed E-state index contributed by atoms with van der Waals surface area (Å²) in [6.07, 6.45) is 16.6. The molecule has 28 heavy (non-hydrogen) atoms. The minimum absolute atomic E-state index is 0.00830. The second-order valence-electron chi connectivity index (χ2n) is 12.6. The van der Waals surface area contributed by atoms with Crippen LogP contribution in [-0.2, 0) is 0 Å². The van der Waals surface area contributed by atoms with Crippen molar-refractivity contribution in [3.05, 3.63) is 0 Å². The van der Waals surface area contributed by atoms with Crippen molar-refractivity contribution in [2.75, 3.05) is 0 Å².